The van der Waals surface area contributed by atoms with Crippen LogP contribution in [0.4, 0.5) is 14.7 Å². The Morgan fingerprint density at radius 2 is 2.07 bits per heavy atom. The molecule has 0 saturated heterocycles. The van der Waals surface area contributed by atoms with Crippen molar-refractivity contribution in [2.75, 3.05) is 12.4 Å². The van der Waals surface area contributed by atoms with E-state index in [1.807, 2.05) is 18.3 Å². The number of alkyl halides is 2. The lowest BCUT2D eigenvalue weighted by atomic mass is 9.89. The lowest BCUT2D eigenvalue weighted by molar-refractivity contribution is 0.0326. The molecule has 0 bridgehead atoms. The molecule has 156 valence electrons. The van der Waals surface area contributed by atoms with Gasteiger partial charge in [0.2, 0.25) is 5.95 Å². The minimum absolute atomic E-state index is 0.299. The van der Waals surface area contributed by atoms with Gasteiger partial charge in [-0.15, -0.1) is 5.10 Å². The number of nitrogens with zero attached hydrogens (tertiary/aromatic N) is 6. The number of methoxy groups -OCH3 is 1. The fraction of sp³-hybridized carbons (Fsp3) is 0.400. The van der Waals surface area contributed by atoms with Gasteiger partial charge in [-0.25, -0.2) is 28.2 Å². The van der Waals surface area contributed by atoms with Crippen molar-refractivity contribution in [3.8, 4) is 11.3 Å². The Morgan fingerprint density at radius 1 is 1.23 bits per heavy atom. The fourth-order valence-electron chi connectivity index (χ4n) is 3.86. The summed E-state index contributed by atoms with van der Waals surface area (Å²) in [6, 6.07) is 5.84. The second-order valence-electron chi connectivity index (χ2n) is 7.51. The van der Waals surface area contributed by atoms with Crippen LogP contribution in [0.3, 0.4) is 0 Å². The second kappa shape index (κ2) is 7.28. The average Bonchev–Trinajstić information content (AvgIpc) is 3.24. The Kier molecular flexibility index (Phi) is 4.58. The maximum absolute atomic E-state index is 13.0. The number of pyridine rings is 1. The lowest BCUT2D eigenvalue weighted by Crippen LogP contribution is -2.40. The molecule has 5 rings (SSSR count). The Balaban J connectivity index is 1.46. The largest absolute Gasteiger partial charge is 0.381 e. The maximum Gasteiger partial charge on any atom is 0.256 e. The van der Waals surface area contributed by atoms with Crippen molar-refractivity contribution >= 4 is 22.6 Å². The number of hydrogen-bond donors (Lipinski definition) is 1. The molecule has 0 unspecified atom stereocenters. The third kappa shape index (κ3) is 3.26. The minimum atomic E-state index is -2.48. The molecule has 30 heavy (non-hydrogen) atoms. The highest BCUT2D eigenvalue weighted by Gasteiger charge is 2.29. The van der Waals surface area contributed by atoms with E-state index in [1.54, 1.807) is 30.8 Å². The Bertz CT molecular complexity index is 1210. The summed E-state index contributed by atoms with van der Waals surface area (Å²) in [7, 11) is 1.72. The van der Waals surface area contributed by atoms with Gasteiger partial charge in [-0.1, -0.05) is 0 Å². The summed E-state index contributed by atoms with van der Waals surface area (Å²) < 4.78 is 34.4. The zero-order valence-corrected chi connectivity index (χ0v) is 16.6. The lowest BCUT2D eigenvalue weighted by Gasteiger charge is -2.34. The summed E-state index contributed by atoms with van der Waals surface area (Å²) in [6.07, 6.45) is 3.27. The van der Waals surface area contributed by atoms with Crippen LogP contribution in [0, 0.1) is 6.92 Å². The van der Waals surface area contributed by atoms with Crippen molar-refractivity contribution in [3.63, 3.8) is 0 Å². The fourth-order valence-corrected chi connectivity index (χ4v) is 3.86. The molecule has 0 aromatic carbocycles. The summed E-state index contributed by atoms with van der Waals surface area (Å²) >= 11 is 0. The topological polar surface area (TPSA) is 82.2 Å². The number of aryl methyl sites for hydroxylation is 1. The molecule has 0 aliphatic heterocycles. The van der Waals surface area contributed by atoms with Crippen LogP contribution in [0.2, 0.25) is 0 Å². The van der Waals surface area contributed by atoms with Gasteiger partial charge in [-0.3, -0.25) is 0 Å². The first-order valence-corrected chi connectivity index (χ1v) is 9.78. The normalized spacial score (nSPS) is 19.0. The molecular weight excluding hydrogens is 392 g/mol. The number of hydrogen-bond acceptors (Lipinski definition) is 6. The van der Waals surface area contributed by atoms with Gasteiger partial charge in [0, 0.05) is 24.9 Å². The quantitative estimate of drug-likeness (QED) is 0.522. The van der Waals surface area contributed by atoms with Crippen LogP contribution in [0.25, 0.3) is 27.9 Å². The Hall–Kier alpha value is -3.14. The molecule has 0 atom stereocenters. The van der Waals surface area contributed by atoms with Crippen LogP contribution < -0.4 is 5.32 Å². The molecule has 4 aromatic rings. The highest BCUT2D eigenvalue weighted by molar-refractivity contribution is 5.82. The smallest absolute Gasteiger partial charge is 0.256 e. The van der Waals surface area contributed by atoms with Crippen molar-refractivity contribution < 1.29 is 13.5 Å². The van der Waals surface area contributed by atoms with Crippen LogP contribution in [0.15, 0.2) is 30.6 Å². The molecule has 0 radical (unpaired) electrons. The van der Waals surface area contributed by atoms with Gasteiger partial charge in [0.05, 0.1) is 30.1 Å². The van der Waals surface area contributed by atoms with Gasteiger partial charge in [0.1, 0.15) is 11.3 Å². The number of nitrogens with one attached hydrogen (secondary N) is 1. The van der Waals surface area contributed by atoms with E-state index in [2.05, 4.69) is 25.4 Å². The molecule has 1 N–H and O–H groups in total. The molecule has 4 heterocycles. The summed E-state index contributed by atoms with van der Waals surface area (Å²) in [4.78, 5) is 13.4. The number of anilines is 1. The number of rotatable bonds is 6. The predicted molar refractivity (Wildman–Crippen MR) is 108 cm³/mol. The molecular formula is C20H21F2N7O. The third-order valence-corrected chi connectivity index (χ3v) is 5.56. The SMILES string of the molecule is CO[C@H]1C[C@@H](Nc2ncc3c(-c4ccc5nc(C)n(CC(F)F)c5n4)ccn3n2)C1. The van der Waals surface area contributed by atoms with Crippen LogP contribution >= 0.6 is 0 Å². The first-order chi connectivity index (χ1) is 14.5. The second-order valence-corrected chi connectivity index (χ2v) is 7.51. The van der Waals surface area contributed by atoms with Crippen molar-refractivity contribution in [1.82, 2.24) is 29.1 Å². The molecule has 8 nitrogen and oxygen atoms in total. The highest BCUT2D eigenvalue weighted by Crippen LogP contribution is 2.28. The minimum Gasteiger partial charge on any atom is -0.381 e. The van der Waals surface area contributed by atoms with Crippen LogP contribution in [0.5, 0.6) is 0 Å². The predicted octanol–water partition coefficient (Wildman–Crippen LogP) is 3.30. The van der Waals surface area contributed by atoms with Crippen molar-refractivity contribution in [2.24, 2.45) is 0 Å². The number of imidazole rings is 1. The average molecular weight is 413 g/mol. The number of fused-ring (bicyclic) bond motifs is 2. The number of halogens is 2. The summed E-state index contributed by atoms with van der Waals surface area (Å²) in [6.45, 7) is 1.27. The summed E-state index contributed by atoms with van der Waals surface area (Å²) in [5.74, 6) is 1.07. The first kappa shape index (κ1) is 18.9. The summed E-state index contributed by atoms with van der Waals surface area (Å²) in [5.41, 5.74) is 3.31. The molecule has 0 amide bonds. The van der Waals surface area contributed by atoms with Crippen molar-refractivity contribution in [2.45, 2.75) is 44.9 Å². The van der Waals surface area contributed by atoms with E-state index in [4.69, 9.17) is 4.74 Å². The molecule has 1 aliphatic carbocycles. The zero-order valence-electron chi connectivity index (χ0n) is 16.6. The molecule has 1 saturated carbocycles. The van der Waals surface area contributed by atoms with Crippen molar-refractivity contribution in [1.29, 1.82) is 0 Å². The van der Waals surface area contributed by atoms with Gasteiger partial charge in [-0.2, -0.15) is 0 Å². The number of aromatic nitrogens is 6. The van der Waals surface area contributed by atoms with Crippen LogP contribution in [-0.2, 0) is 11.3 Å². The Morgan fingerprint density at radius 3 is 2.83 bits per heavy atom. The molecule has 0 spiro atoms. The van der Waals surface area contributed by atoms with E-state index < -0.39 is 13.0 Å². The third-order valence-electron chi connectivity index (χ3n) is 5.56. The maximum atomic E-state index is 13.0. The molecule has 1 aliphatic rings. The monoisotopic (exact) mass is 413 g/mol. The molecule has 10 heteroatoms. The van der Waals surface area contributed by atoms with Crippen LogP contribution in [0.1, 0.15) is 18.7 Å². The van der Waals surface area contributed by atoms with Gasteiger partial charge in [0.15, 0.2) is 5.65 Å². The molecule has 4 aromatic heterocycles. The van der Waals surface area contributed by atoms with Gasteiger partial charge in [-0.05, 0) is 38.0 Å². The van der Waals surface area contributed by atoms with E-state index in [1.165, 1.54) is 4.57 Å². The number of ether oxygens (including phenoxy) is 1. The first-order valence-electron chi connectivity index (χ1n) is 9.78. The zero-order chi connectivity index (χ0) is 20.8. The van der Waals surface area contributed by atoms with E-state index in [0.29, 0.717) is 40.8 Å². The molecule has 1 fully saturated rings. The van der Waals surface area contributed by atoms with E-state index in [0.717, 1.165) is 23.9 Å². The Labute approximate surface area is 170 Å². The standard InChI is InChI=1S/C20H21F2N7O/c1-11-24-16-4-3-15(26-19(16)28(11)10-18(21)22)14-5-6-29-17(14)9-23-20(27-29)25-12-7-13(8-12)30-2/h3-6,9,12-13,18H,7-8,10H2,1-2H3,(H,25,27)/t12-,13+. The van der Waals surface area contributed by atoms with E-state index in [9.17, 15) is 8.78 Å². The van der Waals surface area contributed by atoms with Crippen LogP contribution in [-0.4, -0.2) is 54.8 Å². The highest BCUT2D eigenvalue weighted by atomic mass is 19.3. The van der Waals surface area contributed by atoms with Gasteiger partial charge >= 0.3 is 0 Å². The van der Waals surface area contributed by atoms with Gasteiger partial charge < -0.3 is 14.6 Å². The van der Waals surface area contributed by atoms with Gasteiger partial charge in [0.25, 0.3) is 6.43 Å². The van der Waals surface area contributed by atoms with E-state index in [-0.39, 0.29) is 0 Å². The van der Waals surface area contributed by atoms with Crippen molar-refractivity contribution in [3.05, 3.63) is 36.4 Å². The van der Waals surface area contributed by atoms with E-state index >= 15 is 0 Å². The summed E-state index contributed by atoms with van der Waals surface area (Å²) in [5, 5.41) is 7.84.